The Labute approximate surface area is 166 Å². The van der Waals surface area contributed by atoms with E-state index in [4.69, 9.17) is 20.4 Å². The van der Waals surface area contributed by atoms with Crippen molar-refractivity contribution in [1.29, 1.82) is 0 Å². The standard InChI is InChI=1S/C19H22N6O2S/c1-2-16(26)22-11-13-9-14-18(25-5-7-27-8-6-25)23-17(24-19(14)28-13)12-3-4-15(20)21-10-12/h3-4,9-10H,2,5-8,11H2,1H3,(H2,20,21)(H,22,26). The molecule has 1 amide bonds. The van der Waals surface area contributed by atoms with E-state index in [1.54, 1.807) is 23.6 Å². The van der Waals surface area contributed by atoms with Gasteiger partial charge in [-0.1, -0.05) is 6.92 Å². The summed E-state index contributed by atoms with van der Waals surface area (Å²) >= 11 is 1.57. The van der Waals surface area contributed by atoms with E-state index in [1.807, 2.05) is 13.0 Å². The summed E-state index contributed by atoms with van der Waals surface area (Å²) in [5, 5.41) is 3.93. The minimum absolute atomic E-state index is 0.0329. The maximum Gasteiger partial charge on any atom is 0.220 e. The van der Waals surface area contributed by atoms with Crippen molar-refractivity contribution in [2.45, 2.75) is 19.9 Å². The van der Waals surface area contributed by atoms with E-state index in [9.17, 15) is 4.79 Å². The summed E-state index contributed by atoms with van der Waals surface area (Å²) < 4.78 is 5.49. The van der Waals surface area contributed by atoms with Crippen molar-refractivity contribution in [3.8, 4) is 11.4 Å². The average Bonchev–Trinajstić information content (AvgIpc) is 3.15. The van der Waals surface area contributed by atoms with Crippen molar-refractivity contribution in [3.05, 3.63) is 29.3 Å². The van der Waals surface area contributed by atoms with Gasteiger partial charge < -0.3 is 20.7 Å². The Morgan fingerprint density at radius 1 is 1.32 bits per heavy atom. The molecule has 0 saturated carbocycles. The molecule has 3 N–H and O–H groups in total. The molecule has 0 aromatic carbocycles. The second-order valence-corrected chi connectivity index (χ2v) is 7.62. The molecule has 3 aromatic heterocycles. The number of nitrogen functional groups attached to an aromatic ring is 1. The Morgan fingerprint density at radius 3 is 2.86 bits per heavy atom. The maximum atomic E-state index is 11.6. The molecule has 1 aliphatic heterocycles. The van der Waals surface area contributed by atoms with Crippen LogP contribution in [0.2, 0.25) is 0 Å². The van der Waals surface area contributed by atoms with Crippen LogP contribution in [0, 0.1) is 0 Å². The van der Waals surface area contributed by atoms with E-state index in [0.717, 1.165) is 39.6 Å². The number of pyridine rings is 1. The van der Waals surface area contributed by atoms with Gasteiger partial charge in [-0.2, -0.15) is 0 Å². The van der Waals surface area contributed by atoms with Crippen LogP contribution in [0.4, 0.5) is 11.6 Å². The Kier molecular flexibility index (Phi) is 5.36. The number of nitrogens with one attached hydrogen (secondary N) is 1. The van der Waals surface area contributed by atoms with Crippen LogP contribution >= 0.6 is 11.3 Å². The topological polar surface area (TPSA) is 106 Å². The number of morpholine rings is 1. The number of hydrogen-bond acceptors (Lipinski definition) is 8. The first kappa shape index (κ1) is 18.6. The first-order valence-corrected chi connectivity index (χ1v) is 10.1. The first-order valence-electron chi connectivity index (χ1n) is 9.26. The summed E-state index contributed by atoms with van der Waals surface area (Å²) in [6, 6.07) is 5.70. The normalized spacial score (nSPS) is 14.4. The molecule has 4 heterocycles. The van der Waals surface area contributed by atoms with Gasteiger partial charge in [-0.3, -0.25) is 4.79 Å². The van der Waals surface area contributed by atoms with Crippen LogP contribution in [0.25, 0.3) is 21.6 Å². The Morgan fingerprint density at radius 2 is 2.14 bits per heavy atom. The van der Waals surface area contributed by atoms with Crippen LogP contribution < -0.4 is 16.0 Å². The summed E-state index contributed by atoms with van der Waals surface area (Å²) in [4.78, 5) is 29.5. The highest BCUT2D eigenvalue weighted by molar-refractivity contribution is 7.18. The lowest BCUT2D eigenvalue weighted by atomic mass is 10.2. The highest BCUT2D eigenvalue weighted by Gasteiger charge is 2.20. The van der Waals surface area contributed by atoms with Gasteiger partial charge in [-0.25, -0.2) is 15.0 Å². The fourth-order valence-electron chi connectivity index (χ4n) is 3.04. The molecule has 4 rings (SSSR count). The number of aromatic nitrogens is 3. The molecule has 8 nitrogen and oxygen atoms in total. The van der Waals surface area contributed by atoms with Crippen molar-refractivity contribution in [1.82, 2.24) is 20.3 Å². The summed E-state index contributed by atoms with van der Waals surface area (Å²) in [5.74, 6) is 2.01. The van der Waals surface area contributed by atoms with Crippen LogP contribution in [0.3, 0.4) is 0 Å². The van der Waals surface area contributed by atoms with E-state index in [1.165, 1.54) is 0 Å². The van der Waals surface area contributed by atoms with E-state index < -0.39 is 0 Å². The number of nitrogens with two attached hydrogens (primary N) is 1. The predicted molar refractivity (Wildman–Crippen MR) is 110 cm³/mol. The highest BCUT2D eigenvalue weighted by Crippen LogP contribution is 2.33. The van der Waals surface area contributed by atoms with E-state index in [-0.39, 0.29) is 5.91 Å². The number of fused-ring (bicyclic) bond motifs is 1. The zero-order valence-corrected chi connectivity index (χ0v) is 16.5. The van der Waals surface area contributed by atoms with Crippen LogP contribution in [-0.4, -0.2) is 47.2 Å². The van der Waals surface area contributed by atoms with Gasteiger partial charge in [-0.15, -0.1) is 11.3 Å². The molecule has 1 fully saturated rings. The molecule has 3 aromatic rings. The number of rotatable bonds is 5. The molecule has 1 aliphatic rings. The molecule has 1 saturated heterocycles. The smallest absolute Gasteiger partial charge is 0.220 e. The lowest BCUT2D eigenvalue weighted by Crippen LogP contribution is -2.37. The number of thiophene rings is 1. The average molecular weight is 398 g/mol. The summed E-state index contributed by atoms with van der Waals surface area (Å²) in [7, 11) is 0. The molecule has 0 radical (unpaired) electrons. The maximum absolute atomic E-state index is 11.6. The molecular weight excluding hydrogens is 376 g/mol. The Hall–Kier alpha value is -2.78. The monoisotopic (exact) mass is 398 g/mol. The van der Waals surface area contributed by atoms with Crippen molar-refractivity contribution < 1.29 is 9.53 Å². The lowest BCUT2D eigenvalue weighted by molar-refractivity contribution is -0.120. The molecule has 146 valence electrons. The van der Waals surface area contributed by atoms with Crippen molar-refractivity contribution in [2.75, 3.05) is 36.9 Å². The third kappa shape index (κ3) is 3.90. The van der Waals surface area contributed by atoms with Crippen LogP contribution in [0.5, 0.6) is 0 Å². The van der Waals surface area contributed by atoms with E-state index >= 15 is 0 Å². The minimum Gasteiger partial charge on any atom is -0.384 e. The lowest BCUT2D eigenvalue weighted by Gasteiger charge is -2.28. The zero-order chi connectivity index (χ0) is 19.5. The van der Waals surface area contributed by atoms with Gasteiger partial charge in [0.2, 0.25) is 5.91 Å². The number of ether oxygens (including phenoxy) is 1. The molecule has 9 heteroatoms. The zero-order valence-electron chi connectivity index (χ0n) is 15.6. The summed E-state index contributed by atoms with van der Waals surface area (Å²) in [6.07, 6.45) is 2.16. The van der Waals surface area contributed by atoms with Gasteiger partial charge in [0, 0.05) is 36.1 Å². The molecule has 0 spiro atoms. The Bertz CT molecular complexity index is 982. The SMILES string of the molecule is CCC(=O)NCc1cc2c(N3CCOCC3)nc(-c3ccc(N)nc3)nc2s1. The first-order chi connectivity index (χ1) is 13.6. The minimum atomic E-state index is 0.0329. The number of hydrogen-bond donors (Lipinski definition) is 2. The molecule has 0 aliphatic carbocycles. The second-order valence-electron chi connectivity index (χ2n) is 6.50. The molecule has 28 heavy (non-hydrogen) atoms. The number of anilines is 2. The van der Waals surface area contributed by atoms with Crippen molar-refractivity contribution in [3.63, 3.8) is 0 Å². The van der Waals surface area contributed by atoms with E-state index in [0.29, 0.717) is 37.8 Å². The molecule has 0 unspecified atom stereocenters. The van der Waals surface area contributed by atoms with Crippen LogP contribution in [0.15, 0.2) is 24.4 Å². The molecular formula is C19H22N6O2S. The van der Waals surface area contributed by atoms with Crippen LogP contribution in [0.1, 0.15) is 18.2 Å². The number of carbonyl (C=O) groups is 1. The van der Waals surface area contributed by atoms with Crippen LogP contribution in [-0.2, 0) is 16.1 Å². The third-order valence-electron chi connectivity index (χ3n) is 4.56. The van der Waals surface area contributed by atoms with Gasteiger partial charge in [0.25, 0.3) is 0 Å². The Balaban J connectivity index is 1.76. The predicted octanol–water partition coefficient (Wildman–Crippen LogP) is 2.20. The van der Waals surface area contributed by atoms with Gasteiger partial charge >= 0.3 is 0 Å². The number of nitrogens with zero attached hydrogens (tertiary/aromatic N) is 4. The van der Waals surface area contributed by atoms with E-state index in [2.05, 4.69) is 21.3 Å². The molecule has 0 bridgehead atoms. The number of amides is 1. The van der Waals surface area contributed by atoms with Gasteiger partial charge in [0.05, 0.1) is 25.1 Å². The fourth-order valence-corrected chi connectivity index (χ4v) is 4.00. The summed E-state index contributed by atoms with van der Waals surface area (Å²) in [5.41, 5.74) is 6.53. The molecule has 0 atom stereocenters. The summed E-state index contributed by atoms with van der Waals surface area (Å²) in [6.45, 7) is 5.25. The largest absolute Gasteiger partial charge is 0.384 e. The second kappa shape index (κ2) is 8.07. The highest BCUT2D eigenvalue weighted by atomic mass is 32.1. The van der Waals surface area contributed by atoms with Gasteiger partial charge in [-0.05, 0) is 18.2 Å². The number of carbonyl (C=O) groups excluding carboxylic acids is 1. The quantitative estimate of drug-likeness (QED) is 0.678. The fraction of sp³-hybridized carbons (Fsp3) is 0.368. The van der Waals surface area contributed by atoms with Gasteiger partial charge in [0.1, 0.15) is 16.5 Å². The van der Waals surface area contributed by atoms with Gasteiger partial charge in [0.15, 0.2) is 5.82 Å². The van der Waals surface area contributed by atoms with Crippen molar-refractivity contribution >= 4 is 39.1 Å². The third-order valence-corrected chi connectivity index (χ3v) is 5.59. The van der Waals surface area contributed by atoms with Crippen molar-refractivity contribution in [2.24, 2.45) is 0 Å².